The second-order valence-electron chi connectivity index (χ2n) is 8.25. The van der Waals surface area contributed by atoms with Gasteiger partial charge in [-0.1, -0.05) is 6.07 Å². The number of methoxy groups -OCH3 is 1. The maximum atomic E-state index is 12.9. The summed E-state index contributed by atoms with van der Waals surface area (Å²) in [7, 11) is 1.23. The number of carboxylic acids is 1. The van der Waals surface area contributed by atoms with Crippen molar-refractivity contribution >= 4 is 46.7 Å². The molecule has 3 amide bonds. The molecule has 3 aromatic rings. The van der Waals surface area contributed by atoms with Gasteiger partial charge in [0.1, 0.15) is 11.5 Å². The van der Waals surface area contributed by atoms with Gasteiger partial charge in [-0.05, 0) is 54.4 Å². The number of aromatic hydroxyl groups is 1. The molecule has 6 N–H and O–H groups in total. The topological polar surface area (TPSA) is 202 Å². The molecule has 0 aliphatic carbocycles. The number of hydrogen-bond acceptors (Lipinski definition) is 8. The van der Waals surface area contributed by atoms with Crippen molar-refractivity contribution in [1.29, 1.82) is 10.7 Å². The molecule has 3 rings (SSSR count). The average Bonchev–Trinajstić information content (AvgIpc) is 2.88. The maximum absolute atomic E-state index is 12.9. The van der Waals surface area contributed by atoms with Crippen LogP contribution in [0.2, 0.25) is 0 Å². The fraction of sp³-hybridized carbons (Fsp3) is 0.111. The monoisotopic (exact) mass is 529 g/mol. The summed E-state index contributed by atoms with van der Waals surface area (Å²) < 4.78 is 4.59. The van der Waals surface area contributed by atoms with Gasteiger partial charge in [0.2, 0.25) is 5.91 Å². The zero-order valence-corrected chi connectivity index (χ0v) is 21.0. The van der Waals surface area contributed by atoms with E-state index in [0.717, 1.165) is 6.07 Å². The van der Waals surface area contributed by atoms with Gasteiger partial charge in [-0.2, -0.15) is 5.26 Å². The maximum Gasteiger partial charge on any atom is 0.411 e. The Morgan fingerprint density at radius 1 is 0.923 bits per heavy atom. The lowest BCUT2D eigenvalue weighted by Crippen LogP contribution is -2.24. The molecule has 0 aromatic heterocycles. The van der Waals surface area contributed by atoms with Gasteiger partial charge in [0.25, 0.3) is 5.91 Å². The Morgan fingerprint density at radius 2 is 1.64 bits per heavy atom. The van der Waals surface area contributed by atoms with Crippen molar-refractivity contribution in [3.05, 3.63) is 70.8 Å². The Labute approximate surface area is 222 Å². The van der Waals surface area contributed by atoms with Crippen LogP contribution in [-0.4, -0.2) is 46.9 Å². The molecule has 0 saturated carbocycles. The highest BCUT2D eigenvalue weighted by molar-refractivity contribution is 6.48. The van der Waals surface area contributed by atoms with Crippen molar-refractivity contribution in [2.45, 2.75) is 13.8 Å². The van der Waals surface area contributed by atoms with Gasteiger partial charge in [-0.3, -0.25) is 20.3 Å². The zero-order valence-electron chi connectivity index (χ0n) is 21.0. The molecule has 0 saturated heterocycles. The smallest absolute Gasteiger partial charge is 0.411 e. The highest BCUT2D eigenvalue weighted by Crippen LogP contribution is 2.37. The molecule has 12 nitrogen and oxygen atoms in total. The van der Waals surface area contributed by atoms with E-state index in [9.17, 15) is 29.4 Å². The molecule has 0 spiro atoms. The van der Waals surface area contributed by atoms with Crippen LogP contribution in [0.15, 0.2) is 48.5 Å². The first-order chi connectivity index (χ1) is 18.4. The van der Waals surface area contributed by atoms with Crippen LogP contribution in [0.25, 0.3) is 11.1 Å². The fourth-order valence-corrected chi connectivity index (χ4v) is 3.72. The molecule has 0 heterocycles. The van der Waals surface area contributed by atoms with Crippen molar-refractivity contribution in [3.63, 3.8) is 0 Å². The van der Waals surface area contributed by atoms with E-state index in [0.29, 0.717) is 22.4 Å². The number of nitrogens with zero attached hydrogens (tertiary/aromatic N) is 1. The first-order valence-electron chi connectivity index (χ1n) is 11.2. The molecule has 3 aromatic carbocycles. The van der Waals surface area contributed by atoms with Gasteiger partial charge in [0, 0.05) is 29.8 Å². The number of phenols is 1. The van der Waals surface area contributed by atoms with Crippen molar-refractivity contribution in [2.24, 2.45) is 0 Å². The number of ether oxygens (including phenoxy) is 1. The largest absolute Gasteiger partial charge is 0.507 e. The van der Waals surface area contributed by atoms with Crippen LogP contribution in [0, 0.1) is 23.7 Å². The first kappa shape index (κ1) is 27.9. The second-order valence-corrected chi connectivity index (χ2v) is 8.25. The number of carbonyl (C=O) groups is 4. The van der Waals surface area contributed by atoms with Crippen molar-refractivity contribution in [2.75, 3.05) is 23.1 Å². The van der Waals surface area contributed by atoms with Crippen LogP contribution in [0.4, 0.5) is 21.9 Å². The molecule has 0 fully saturated rings. The number of hydrogen-bond donors (Lipinski definition) is 6. The van der Waals surface area contributed by atoms with Gasteiger partial charge in [-0.15, -0.1) is 0 Å². The number of carboxylic acid groups (broad SMARTS) is 1. The molecule has 0 unspecified atom stereocenters. The van der Waals surface area contributed by atoms with Crippen molar-refractivity contribution < 1.29 is 34.1 Å². The molecule has 0 aliphatic heterocycles. The predicted molar refractivity (Wildman–Crippen MR) is 142 cm³/mol. The van der Waals surface area contributed by atoms with E-state index in [1.807, 2.05) is 6.07 Å². The molecule has 0 aliphatic rings. The first-order valence-corrected chi connectivity index (χ1v) is 11.2. The van der Waals surface area contributed by atoms with Crippen LogP contribution >= 0.6 is 0 Å². The quantitative estimate of drug-likeness (QED) is 0.246. The van der Waals surface area contributed by atoms with E-state index < -0.39 is 35.3 Å². The summed E-state index contributed by atoms with van der Waals surface area (Å²) >= 11 is 0. The van der Waals surface area contributed by atoms with Crippen LogP contribution in [0.5, 0.6) is 5.75 Å². The number of nitriles is 1. The normalized spacial score (nSPS) is 10.1. The van der Waals surface area contributed by atoms with Crippen LogP contribution in [0.1, 0.15) is 34.0 Å². The van der Waals surface area contributed by atoms with Crippen LogP contribution < -0.4 is 16.0 Å². The highest BCUT2D eigenvalue weighted by atomic mass is 16.5. The lowest BCUT2D eigenvalue weighted by atomic mass is 9.94. The number of phenolic OH excluding ortho intramolecular Hbond substituents is 1. The Bertz CT molecular complexity index is 1570. The SMILES string of the molecule is COC(=O)Nc1ccc(-c2cc(C(=N)C(=O)Nc3ccc(C#N)cc3C(=O)O)c(O)cc2NC(C)=O)c(C)c1. The number of nitrogens with one attached hydrogen (secondary N) is 4. The fourth-order valence-electron chi connectivity index (χ4n) is 3.72. The van der Waals surface area contributed by atoms with Crippen molar-refractivity contribution in [1.82, 2.24) is 0 Å². The van der Waals surface area contributed by atoms with E-state index in [1.54, 1.807) is 25.1 Å². The lowest BCUT2D eigenvalue weighted by molar-refractivity contribution is -0.114. The molecule has 198 valence electrons. The third-order valence-electron chi connectivity index (χ3n) is 5.52. The molecular weight excluding hydrogens is 506 g/mol. The lowest BCUT2D eigenvalue weighted by Gasteiger charge is -2.17. The second kappa shape index (κ2) is 11.6. The van der Waals surface area contributed by atoms with Crippen LogP contribution in [-0.2, 0) is 14.3 Å². The molecule has 0 bridgehead atoms. The van der Waals surface area contributed by atoms with E-state index in [-0.39, 0.29) is 28.1 Å². The van der Waals surface area contributed by atoms with Gasteiger partial charge >= 0.3 is 12.1 Å². The molecule has 12 heteroatoms. The summed E-state index contributed by atoms with van der Waals surface area (Å²) in [4.78, 5) is 47.9. The number of amides is 3. The van der Waals surface area contributed by atoms with Gasteiger partial charge in [0.05, 0.1) is 35.7 Å². The predicted octanol–water partition coefficient (Wildman–Crippen LogP) is 4.08. The number of aromatic carboxylic acids is 1. The Balaban J connectivity index is 2.04. The minimum atomic E-state index is -1.39. The Kier molecular flexibility index (Phi) is 8.27. The highest BCUT2D eigenvalue weighted by Gasteiger charge is 2.22. The third kappa shape index (κ3) is 6.36. The standard InChI is InChI=1S/C27H23N5O7/c1-13-8-16(31-27(38)39-3)5-6-17(13)18-10-20(23(34)11-22(18)30-14(2)33)24(29)25(35)32-21-7-4-15(12-28)9-19(21)26(36)37/h4-11,29,34H,1-3H3,(H,30,33)(H,31,38)(H,32,35)(H,36,37). The van der Waals surface area contributed by atoms with Crippen LogP contribution in [0.3, 0.4) is 0 Å². The minimum Gasteiger partial charge on any atom is -0.507 e. The third-order valence-corrected chi connectivity index (χ3v) is 5.52. The minimum absolute atomic E-state index is 0.0690. The summed E-state index contributed by atoms with van der Waals surface area (Å²) in [5, 5.41) is 45.0. The molecule has 39 heavy (non-hydrogen) atoms. The van der Waals surface area contributed by atoms with Crippen molar-refractivity contribution in [3.8, 4) is 22.9 Å². The summed E-state index contributed by atoms with van der Waals surface area (Å²) in [5.41, 5.74) is 0.898. The number of benzene rings is 3. The average molecular weight is 530 g/mol. The number of anilines is 3. The summed E-state index contributed by atoms with van der Waals surface area (Å²) in [6.45, 7) is 3.01. The Hall–Kier alpha value is -5.70. The number of rotatable bonds is 7. The van der Waals surface area contributed by atoms with Gasteiger partial charge in [-0.25, -0.2) is 9.59 Å². The molecule has 0 radical (unpaired) electrons. The van der Waals surface area contributed by atoms with E-state index in [4.69, 9.17) is 10.7 Å². The van der Waals surface area contributed by atoms with E-state index in [2.05, 4.69) is 20.7 Å². The summed E-state index contributed by atoms with van der Waals surface area (Å²) in [6, 6.07) is 12.8. The summed E-state index contributed by atoms with van der Waals surface area (Å²) in [5.74, 6) is -3.33. The number of carbonyl (C=O) groups excluding carboxylic acids is 3. The van der Waals surface area contributed by atoms with Gasteiger partial charge < -0.3 is 25.6 Å². The molecule has 0 atom stereocenters. The Morgan fingerprint density at radius 3 is 2.23 bits per heavy atom. The van der Waals surface area contributed by atoms with E-state index in [1.165, 1.54) is 38.3 Å². The zero-order chi connectivity index (χ0) is 28.9. The summed E-state index contributed by atoms with van der Waals surface area (Å²) in [6.07, 6.45) is -0.666. The van der Waals surface area contributed by atoms with E-state index >= 15 is 0 Å². The van der Waals surface area contributed by atoms with Gasteiger partial charge in [0.15, 0.2) is 0 Å². The molecular formula is C27H23N5O7. The number of aryl methyl sites for hydroxylation is 1.